The molecule has 0 spiro atoms. The van der Waals surface area contributed by atoms with Crippen molar-refractivity contribution in [3.05, 3.63) is 171 Å². The van der Waals surface area contributed by atoms with Crippen molar-refractivity contribution in [2.75, 3.05) is 0 Å². The first-order valence-electron chi connectivity index (χ1n) is 22.5. The summed E-state index contributed by atoms with van der Waals surface area (Å²) in [6, 6.07) is 43.9. The summed E-state index contributed by atoms with van der Waals surface area (Å²) in [5.41, 5.74) is 21.7. The van der Waals surface area contributed by atoms with E-state index in [9.17, 15) is 17.0 Å². The van der Waals surface area contributed by atoms with Crippen molar-refractivity contribution in [3.8, 4) is 33.4 Å². The molecule has 0 amide bonds. The van der Waals surface area contributed by atoms with Crippen molar-refractivity contribution in [3.63, 3.8) is 0 Å². The van der Waals surface area contributed by atoms with Crippen LogP contribution in [0.5, 0.6) is 0 Å². The summed E-state index contributed by atoms with van der Waals surface area (Å²) in [6.45, 7) is 18.5. The number of hydrogen-bond donors (Lipinski definition) is 0. The summed E-state index contributed by atoms with van der Waals surface area (Å²) in [5.74, 6) is 0.720. The average molecular weight is 922 g/mol. The second-order valence-corrected chi connectivity index (χ2v) is 41.1. The number of rotatable bonds is 11. The van der Waals surface area contributed by atoms with Gasteiger partial charge in [0.15, 0.2) is 0 Å². The van der Waals surface area contributed by atoms with Gasteiger partial charge in [0.1, 0.15) is 0 Å². The topological polar surface area (TPSA) is 0 Å². The Hall–Kier alpha value is -3.52. The Labute approximate surface area is 370 Å². The molecule has 60 heavy (non-hydrogen) atoms. The van der Waals surface area contributed by atoms with Crippen LogP contribution < -0.4 is 13.6 Å². The minimum atomic E-state index is -5.67. The van der Waals surface area contributed by atoms with E-state index in [1.807, 2.05) is 0 Å². The predicted molar refractivity (Wildman–Crippen MR) is 264 cm³/mol. The van der Waals surface area contributed by atoms with Gasteiger partial charge in [0.05, 0.1) is 0 Å². The van der Waals surface area contributed by atoms with Crippen LogP contribution in [0.4, 0.5) is 0 Å². The summed E-state index contributed by atoms with van der Waals surface area (Å²) in [5, 5.41) is 2.99. The zero-order valence-electron chi connectivity index (χ0n) is 36.7. The van der Waals surface area contributed by atoms with Crippen molar-refractivity contribution in [1.82, 2.24) is 0 Å². The van der Waals surface area contributed by atoms with Crippen LogP contribution in [-0.2, 0) is 16.4 Å². The molecule has 0 N–H and O–H groups in total. The molecular formula is C56H59Cl2SiZr. The van der Waals surface area contributed by atoms with Gasteiger partial charge in [-0.2, -0.15) is 0 Å². The summed E-state index contributed by atoms with van der Waals surface area (Å²) >= 11 is -5.67. The van der Waals surface area contributed by atoms with Crippen molar-refractivity contribution in [2.45, 2.75) is 100 Å². The van der Waals surface area contributed by atoms with Crippen molar-refractivity contribution >= 4 is 52.3 Å². The van der Waals surface area contributed by atoms with E-state index >= 15 is 0 Å². The molecule has 2 atom stereocenters. The molecule has 0 aromatic heterocycles. The third kappa shape index (κ3) is 6.45. The Morgan fingerprint density at radius 1 is 0.533 bits per heavy atom. The van der Waals surface area contributed by atoms with Crippen LogP contribution >= 0.6 is 17.0 Å². The van der Waals surface area contributed by atoms with E-state index in [2.05, 4.69) is 183 Å². The Balaban J connectivity index is 1.41. The van der Waals surface area contributed by atoms with E-state index in [0.717, 1.165) is 25.7 Å². The van der Waals surface area contributed by atoms with Crippen LogP contribution in [0.2, 0.25) is 0 Å². The number of hydrogen-bond acceptors (Lipinski definition) is 0. The molecule has 2 aliphatic carbocycles. The average Bonchev–Trinajstić information content (AvgIpc) is 3.93. The molecule has 9 rings (SSSR count). The molecule has 0 fully saturated rings. The normalized spacial score (nSPS) is 17.6. The van der Waals surface area contributed by atoms with Gasteiger partial charge in [-0.05, 0) is 0 Å². The van der Waals surface area contributed by atoms with E-state index in [-0.39, 0.29) is 7.25 Å². The fourth-order valence-electron chi connectivity index (χ4n) is 11.7. The number of aryl methyl sites for hydroxylation is 2. The molecule has 6 aromatic carbocycles. The SMILES string of the molecule is CCCC1=Cc2c(ccc(C(C)C)c2-c2ccccc2C)[CH]1[Zr]([Cl])([Cl])([c]1cccc2c1[SiH2]c1ccccc1-2)[CH]1C(CCC)=Cc2c1ccc(C(C)C)c2-c1ccccc1C. The molecule has 1 aliphatic heterocycles. The first-order chi connectivity index (χ1) is 28.9. The first-order valence-corrected chi connectivity index (χ1v) is 34.3. The Bertz CT molecular complexity index is 2610. The van der Waals surface area contributed by atoms with Crippen LogP contribution in [0, 0.1) is 13.8 Å². The summed E-state index contributed by atoms with van der Waals surface area (Å²) in [4.78, 5) is 0. The van der Waals surface area contributed by atoms with E-state index in [1.54, 1.807) is 0 Å². The first kappa shape index (κ1) is 41.8. The van der Waals surface area contributed by atoms with Gasteiger partial charge in [-0.25, -0.2) is 0 Å². The number of benzene rings is 6. The zero-order valence-corrected chi connectivity index (χ0v) is 42.1. The van der Waals surface area contributed by atoms with Gasteiger partial charge in [-0.3, -0.25) is 0 Å². The maximum atomic E-state index is 9.46. The molecule has 3 aliphatic rings. The van der Waals surface area contributed by atoms with Crippen LogP contribution in [0.1, 0.15) is 131 Å². The second-order valence-electron chi connectivity index (χ2n) is 18.6. The van der Waals surface area contributed by atoms with Crippen molar-refractivity contribution in [1.29, 1.82) is 0 Å². The van der Waals surface area contributed by atoms with E-state index in [1.165, 1.54) is 103 Å². The molecule has 6 aromatic rings. The fraction of sp³-hybridized carbons (Fsp3) is 0.286. The van der Waals surface area contributed by atoms with Gasteiger partial charge in [-0.1, -0.05) is 0 Å². The number of halogens is 2. The van der Waals surface area contributed by atoms with Gasteiger partial charge in [-0.15, -0.1) is 0 Å². The molecule has 1 heterocycles. The van der Waals surface area contributed by atoms with E-state index in [0.29, 0.717) is 11.8 Å². The Kier molecular flexibility index (Phi) is 11.1. The van der Waals surface area contributed by atoms with Gasteiger partial charge in [0, 0.05) is 0 Å². The molecule has 0 saturated carbocycles. The zero-order chi connectivity index (χ0) is 42.1. The van der Waals surface area contributed by atoms with Gasteiger partial charge in [0.2, 0.25) is 0 Å². The summed E-state index contributed by atoms with van der Waals surface area (Å²) < 4.78 is 1.15. The Morgan fingerprint density at radius 3 is 1.45 bits per heavy atom. The monoisotopic (exact) mass is 919 g/mol. The molecule has 0 nitrogen and oxygen atoms in total. The van der Waals surface area contributed by atoms with Crippen molar-refractivity contribution < 1.29 is 16.4 Å². The molecule has 0 radical (unpaired) electrons. The van der Waals surface area contributed by atoms with Crippen LogP contribution in [0.3, 0.4) is 0 Å². The maximum absolute atomic E-state index is 9.46. The fourth-order valence-corrected chi connectivity index (χ4v) is 39.7. The molecule has 0 bridgehead atoms. The van der Waals surface area contributed by atoms with E-state index < -0.39 is 25.9 Å². The molecule has 2 unspecified atom stereocenters. The summed E-state index contributed by atoms with van der Waals surface area (Å²) in [6.07, 6.45) is 9.15. The van der Waals surface area contributed by atoms with Crippen LogP contribution in [-0.4, -0.2) is 9.52 Å². The third-order valence-corrected chi connectivity index (χ3v) is 37.0. The standard InChI is InChI=1S/2C22H25.C12H9Si.2ClH.Zr/c2*1-5-8-17-13-18-11-12-19(15(2)3)22(21(18)14-17)20-10-7-6-9-16(20)4;1-3-7-11-9(5-1)10-6-2-4-8-12(10)13-11;;;/h2*6-7,9-15H,5,8H2,1-4H3;1-7H,13H2;2*1H;/q;;;;;+2/p-2. The number of allylic oxidation sites excluding steroid dienone is 2. The molecule has 305 valence electrons. The molecule has 0 saturated heterocycles. The predicted octanol–water partition coefficient (Wildman–Crippen LogP) is 14.5. The third-order valence-electron chi connectivity index (χ3n) is 14.2. The Morgan fingerprint density at radius 2 is 0.983 bits per heavy atom. The van der Waals surface area contributed by atoms with Gasteiger partial charge >= 0.3 is 373 Å². The molecular weight excluding hydrogens is 863 g/mol. The minimum absolute atomic E-state index is 0.0826. The van der Waals surface area contributed by atoms with Crippen LogP contribution in [0.15, 0.2) is 126 Å². The number of fused-ring (bicyclic) bond motifs is 5. The summed E-state index contributed by atoms with van der Waals surface area (Å²) in [7, 11) is 18.0. The molecule has 4 heteroatoms. The second kappa shape index (κ2) is 16.0. The van der Waals surface area contributed by atoms with Crippen LogP contribution in [0.25, 0.3) is 45.5 Å². The van der Waals surface area contributed by atoms with Gasteiger partial charge < -0.3 is 0 Å². The van der Waals surface area contributed by atoms with Crippen molar-refractivity contribution in [2.24, 2.45) is 0 Å². The van der Waals surface area contributed by atoms with E-state index in [4.69, 9.17) is 0 Å². The quantitative estimate of drug-likeness (QED) is 0.113. The van der Waals surface area contributed by atoms with Gasteiger partial charge in [0.25, 0.3) is 0 Å².